The first kappa shape index (κ1) is 7.37. The first-order valence-electron chi connectivity index (χ1n) is 2.65. The van der Waals surface area contributed by atoms with Crippen molar-refractivity contribution < 1.29 is 0 Å². The molecule has 0 bridgehead atoms. The van der Waals surface area contributed by atoms with Gasteiger partial charge in [0.1, 0.15) is 0 Å². The van der Waals surface area contributed by atoms with Gasteiger partial charge in [-0.15, -0.1) is 0 Å². The average Bonchev–Trinajstić information content (AvgIpc) is 1.66. The fourth-order valence-corrected chi connectivity index (χ4v) is 0.302. The molecule has 1 atom stereocenters. The summed E-state index contributed by atoms with van der Waals surface area (Å²) >= 11 is 0. The van der Waals surface area contributed by atoms with Crippen molar-refractivity contribution in [1.82, 2.24) is 0 Å². The lowest BCUT2D eigenvalue weighted by Crippen LogP contribution is -2.14. The molecule has 0 saturated carbocycles. The number of rotatable bonds is 3. The molecule has 0 rings (SSSR count). The van der Waals surface area contributed by atoms with E-state index in [1.165, 1.54) is 6.20 Å². The molecular formula is C6H12N2. The summed E-state index contributed by atoms with van der Waals surface area (Å²) in [5.41, 5.74) is 5.41. The van der Waals surface area contributed by atoms with Crippen LogP contribution in [0.5, 0.6) is 0 Å². The average molecular weight is 112 g/mol. The summed E-state index contributed by atoms with van der Waals surface area (Å²) < 4.78 is 0. The Morgan fingerprint density at radius 1 is 1.88 bits per heavy atom. The van der Waals surface area contributed by atoms with Crippen molar-refractivity contribution in [3.63, 3.8) is 0 Å². The molecule has 2 heteroatoms. The number of nitrogens with zero attached hydrogens (tertiary/aromatic N) is 1. The van der Waals surface area contributed by atoms with Crippen LogP contribution >= 0.6 is 0 Å². The molecule has 0 aliphatic rings. The van der Waals surface area contributed by atoms with Crippen LogP contribution in [0.25, 0.3) is 0 Å². The van der Waals surface area contributed by atoms with E-state index >= 15 is 0 Å². The van der Waals surface area contributed by atoms with Gasteiger partial charge in [0.25, 0.3) is 0 Å². The van der Waals surface area contributed by atoms with Crippen LogP contribution < -0.4 is 5.73 Å². The van der Waals surface area contributed by atoms with Crippen LogP contribution in [0.4, 0.5) is 0 Å². The molecule has 46 valence electrons. The number of aliphatic imine (C=N–C) groups is 1. The summed E-state index contributed by atoms with van der Waals surface area (Å²) in [6, 6.07) is 0.207. The molecular weight excluding hydrogens is 100 g/mol. The lowest BCUT2D eigenvalue weighted by Gasteiger charge is -1.94. The second-order valence-corrected chi connectivity index (χ2v) is 1.73. The first-order valence-corrected chi connectivity index (χ1v) is 2.65. The molecule has 8 heavy (non-hydrogen) atoms. The largest absolute Gasteiger partial charge is 0.328 e. The second kappa shape index (κ2) is 4.53. The molecule has 0 radical (unpaired) electrons. The summed E-state index contributed by atoms with van der Waals surface area (Å²) in [5.74, 6) is 0. The third-order valence-corrected chi connectivity index (χ3v) is 0.688. The van der Waals surface area contributed by atoms with Crippen molar-refractivity contribution >= 4 is 6.21 Å². The zero-order chi connectivity index (χ0) is 6.41. The van der Waals surface area contributed by atoms with Crippen LogP contribution in [-0.4, -0.2) is 12.3 Å². The highest BCUT2D eigenvalue weighted by Gasteiger charge is 1.85. The zero-order valence-corrected chi connectivity index (χ0v) is 5.17. The fourth-order valence-electron chi connectivity index (χ4n) is 0.302. The Morgan fingerprint density at radius 2 is 2.50 bits per heavy atom. The van der Waals surface area contributed by atoms with Gasteiger partial charge in [-0.2, -0.15) is 0 Å². The predicted molar refractivity (Wildman–Crippen MR) is 37.0 cm³/mol. The summed E-state index contributed by atoms with van der Waals surface area (Å²) in [5, 5.41) is 0. The van der Waals surface area contributed by atoms with E-state index in [4.69, 9.17) is 5.73 Å². The van der Waals surface area contributed by atoms with Gasteiger partial charge in [0.2, 0.25) is 0 Å². The van der Waals surface area contributed by atoms with Crippen molar-refractivity contribution in [3.8, 4) is 0 Å². The monoisotopic (exact) mass is 112 g/mol. The molecule has 0 aliphatic carbocycles. The Kier molecular flexibility index (Phi) is 4.17. The standard InChI is InChI=1S/C6H12N2/c1-3-8-5-4-6(2)7/h3,5-6H,1,4,7H2,2H3/b8-5-. The van der Waals surface area contributed by atoms with E-state index < -0.39 is 0 Å². The highest BCUT2D eigenvalue weighted by molar-refractivity contribution is 5.58. The third-order valence-electron chi connectivity index (χ3n) is 0.688. The quantitative estimate of drug-likeness (QED) is 0.542. The Hall–Kier alpha value is -0.630. The van der Waals surface area contributed by atoms with Gasteiger partial charge in [-0.05, 0) is 13.3 Å². The molecule has 2 N–H and O–H groups in total. The van der Waals surface area contributed by atoms with Crippen LogP contribution in [0.15, 0.2) is 17.8 Å². The molecule has 0 fully saturated rings. The minimum atomic E-state index is 0.207. The number of nitrogens with two attached hydrogens (primary N) is 1. The molecule has 0 amide bonds. The predicted octanol–water partition coefficient (Wildman–Crippen LogP) is 0.938. The maximum absolute atomic E-state index is 5.41. The molecule has 0 aromatic heterocycles. The van der Waals surface area contributed by atoms with Crippen LogP contribution in [0.1, 0.15) is 13.3 Å². The normalized spacial score (nSPS) is 14.2. The van der Waals surface area contributed by atoms with Gasteiger partial charge >= 0.3 is 0 Å². The van der Waals surface area contributed by atoms with Crippen LogP contribution in [-0.2, 0) is 0 Å². The van der Waals surface area contributed by atoms with Gasteiger partial charge in [0.05, 0.1) is 0 Å². The van der Waals surface area contributed by atoms with E-state index in [0.29, 0.717) is 0 Å². The van der Waals surface area contributed by atoms with Gasteiger partial charge in [-0.25, -0.2) is 0 Å². The van der Waals surface area contributed by atoms with Gasteiger partial charge in [0, 0.05) is 18.5 Å². The minimum absolute atomic E-state index is 0.207. The molecule has 1 unspecified atom stereocenters. The van der Waals surface area contributed by atoms with Gasteiger partial charge in [-0.1, -0.05) is 6.58 Å². The summed E-state index contributed by atoms with van der Waals surface area (Å²) in [6.45, 7) is 5.36. The van der Waals surface area contributed by atoms with Gasteiger partial charge < -0.3 is 5.73 Å². The van der Waals surface area contributed by atoms with E-state index in [1.807, 2.05) is 6.92 Å². The summed E-state index contributed by atoms with van der Waals surface area (Å²) in [7, 11) is 0. The van der Waals surface area contributed by atoms with Crippen molar-refractivity contribution in [2.45, 2.75) is 19.4 Å². The van der Waals surface area contributed by atoms with E-state index in [9.17, 15) is 0 Å². The smallest absolute Gasteiger partial charge is 0.0191 e. The molecule has 0 aliphatic heterocycles. The van der Waals surface area contributed by atoms with Crippen LogP contribution in [0.2, 0.25) is 0 Å². The SMILES string of the molecule is C=C/N=C\CC(C)N. The van der Waals surface area contributed by atoms with Crippen molar-refractivity contribution in [2.75, 3.05) is 0 Å². The Balaban J connectivity index is 3.15. The molecule has 0 aromatic rings. The summed E-state index contributed by atoms with van der Waals surface area (Å²) in [6.07, 6.45) is 4.09. The highest BCUT2D eigenvalue weighted by Crippen LogP contribution is 1.79. The van der Waals surface area contributed by atoms with E-state index in [1.54, 1.807) is 6.21 Å². The molecule has 0 aromatic carbocycles. The minimum Gasteiger partial charge on any atom is -0.328 e. The lowest BCUT2D eigenvalue weighted by atomic mass is 10.3. The molecule has 0 heterocycles. The Labute approximate surface area is 50.1 Å². The third kappa shape index (κ3) is 5.37. The number of hydrogen-bond donors (Lipinski definition) is 1. The second-order valence-electron chi connectivity index (χ2n) is 1.73. The first-order chi connectivity index (χ1) is 3.77. The maximum Gasteiger partial charge on any atom is 0.0191 e. The summed E-state index contributed by atoms with van der Waals surface area (Å²) in [4.78, 5) is 3.77. The fraction of sp³-hybridized carbons (Fsp3) is 0.500. The van der Waals surface area contributed by atoms with E-state index in [0.717, 1.165) is 6.42 Å². The van der Waals surface area contributed by atoms with Crippen LogP contribution in [0, 0.1) is 0 Å². The van der Waals surface area contributed by atoms with E-state index in [-0.39, 0.29) is 6.04 Å². The lowest BCUT2D eigenvalue weighted by molar-refractivity contribution is 0.786. The maximum atomic E-state index is 5.41. The molecule has 0 saturated heterocycles. The topological polar surface area (TPSA) is 38.4 Å². The van der Waals surface area contributed by atoms with Crippen molar-refractivity contribution in [3.05, 3.63) is 12.8 Å². The Morgan fingerprint density at radius 3 is 2.88 bits per heavy atom. The van der Waals surface area contributed by atoms with Crippen LogP contribution in [0.3, 0.4) is 0 Å². The zero-order valence-electron chi connectivity index (χ0n) is 5.17. The highest BCUT2D eigenvalue weighted by atomic mass is 14.7. The molecule has 2 nitrogen and oxygen atoms in total. The van der Waals surface area contributed by atoms with Gasteiger partial charge in [-0.3, -0.25) is 4.99 Å². The van der Waals surface area contributed by atoms with Gasteiger partial charge in [0.15, 0.2) is 0 Å². The molecule has 0 spiro atoms. The van der Waals surface area contributed by atoms with Crippen molar-refractivity contribution in [2.24, 2.45) is 10.7 Å². The van der Waals surface area contributed by atoms with Crippen molar-refractivity contribution in [1.29, 1.82) is 0 Å². The number of hydrogen-bond acceptors (Lipinski definition) is 2. The van der Waals surface area contributed by atoms with E-state index in [2.05, 4.69) is 11.6 Å². The Bertz CT molecular complexity index is 84.5.